The third kappa shape index (κ3) is 3.25. The molecule has 0 radical (unpaired) electrons. The van der Waals surface area contributed by atoms with Crippen LogP contribution in [0.25, 0.3) is 0 Å². The van der Waals surface area contributed by atoms with E-state index in [1.807, 2.05) is 6.07 Å². The van der Waals surface area contributed by atoms with E-state index in [2.05, 4.69) is 26.8 Å². The van der Waals surface area contributed by atoms with E-state index in [0.29, 0.717) is 34.8 Å². The average Bonchev–Trinajstić information content (AvgIpc) is 2.40. The lowest BCUT2D eigenvalue weighted by Gasteiger charge is -2.37. The lowest BCUT2D eigenvalue weighted by Crippen LogP contribution is -2.36. The van der Waals surface area contributed by atoms with Gasteiger partial charge in [0.15, 0.2) is 0 Å². The van der Waals surface area contributed by atoms with Crippen LogP contribution in [-0.2, 0) is 0 Å². The molecular formula is C17H24N2O. The van der Waals surface area contributed by atoms with E-state index in [1.165, 1.54) is 12.8 Å². The van der Waals surface area contributed by atoms with E-state index in [9.17, 15) is 5.26 Å². The molecule has 1 fully saturated rings. The number of benzene rings is 1. The molecule has 1 aromatic rings. The second-order valence-corrected chi connectivity index (χ2v) is 6.35. The van der Waals surface area contributed by atoms with Crippen LogP contribution < -0.4 is 10.5 Å². The Morgan fingerprint density at radius 3 is 2.75 bits per heavy atom. The van der Waals surface area contributed by atoms with Gasteiger partial charge in [-0.1, -0.05) is 27.2 Å². The van der Waals surface area contributed by atoms with Crippen molar-refractivity contribution >= 4 is 5.69 Å². The van der Waals surface area contributed by atoms with E-state index in [-0.39, 0.29) is 6.10 Å². The first kappa shape index (κ1) is 14.7. The van der Waals surface area contributed by atoms with Crippen molar-refractivity contribution < 1.29 is 4.74 Å². The Balaban J connectivity index is 2.20. The van der Waals surface area contributed by atoms with Crippen LogP contribution in [-0.4, -0.2) is 6.10 Å². The van der Waals surface area contributed by atoms with Gasteiger partial charge in [-0.05, 0) is 48.8 Å². The van der Waals surface area contributed by atoms with Crippen molar-refractivity contribution in [1.29, 1.82) is 5.26 Å². The summed E-state index contributed by atoms with van der Waals surface area (Å²) in [6, 6.07) is 7.49. The van der Waals surface area contributed by atoms with Crippen molar-refractivity contribution in [2.45, 2.75) is 46.1 Å². The van der Waals surface area contributed by atoms with Crippen LogP contribution in [0, 0.1) is 29.1 Å². The molecule has 0 bridgehead atoms. The molecule has 3 atom stereocenters. The maximum atomic E-state index is 9.21. The van der Waals surface area contributed by atoms with Gasteiger partial charge in [-0.25, -0.2) is 0 Å². The molecule has 2 N–H and O–H groups in total. The standard InChI is InChI=1S/C17H24N2O/c1-11(2)15-6-4-12(3)8-17(15)20-16-7-5-14(19)9-13(16)10-18/h5,7,9,11-12,15,17H,4,6,8,19H2,1-3H3. The molecular weight excluding hydrogens is 248 g/mol. The Morgan fingerprint density at radius 1 is 1.35 bits per heavy atom. The van der Waals surface area contributed by atoms with Gasteiger partial charge >= 0.3 is 0 Å². The summed E-state index contributed by atoms with van der Waals surface area (Å²) < 4.78 is 6.20. The highest BCUT2D eigenvalue weighted by molar-refractivity contribution is 5.53. The fourth-order valence-electron chi connectivity index (χ4n) is 3.15. The second-order valence-electron chi connectivity index (χ2n) is 6.35. The Labute approximate surface area is 121 Å². The van der Waals surface area contributed by atoms with Gasteiger partial charge in [0.2, 0.25) is 0 Å². The minimum Gasteiger partial charge on any atom is -0.489 e. The van der Waals surface area contributed by atoms with Gasteiger partial charge in [0.05, 0.1) is 5.56 Å². The molecule has 0 spiro atoms. The quantitative estimate of drug-likeness (QED) is 0.847. The van der Waals surface area contributed by atoms with Crippen molar-refractivity contribution in [1.82, 2.24) is 0 Å². The summed E-state index contributed by atoms with van der Waals surface area (Å²) in [6.07, 6.45) is 3.75. The average molecular weight is 272 g/mol. The predicted molar refractivity (Wildman–Crippen MR) is 81.3 cm³/mol. The zero-order valence-corrected chi connectivity index (χ0v) is 12.6. The second kappa shape index (κ2) is 6.17. The van der Waals surface area contributed by atoms with Crippen LogP contribution in [0.15, 0.2) is 18.2 Å². The minimum atomic E-state index is 0.203. The maximum Gasteiger partial charge on any atom is 0.137 e. The Bertz CT molecular complexity index is 504. The SMILES string of the molecule is CC1CCC(C(C)C)C(Oc2ccc(N)cc2C#N)C1. The van der Waals surface area contributed by atoms with E-state index in [0.717, 1.165) is 6.42 Å². The van der Waals surface area contributed by atoms with Crippen LogP contribution in [0.2, 0.25) is 0 Å². The van der Waals surface area contributed by atoms with Crippen LogP contribution in [0.1, 0.15) is 45.6 Å². The van der Waals surface area contributed by atoms with Gasteiger partial charge in [0.25, 0.3) is 0 Å². The fraction of sp³-hybridized carbons (Fsp3) is 0.588. The Kier molecular flexibility index (Phi) is 4.54. The third-order valence-corrected chi connectivity index (χ3v) is 4.36. The van der Waals surface area contributed by atoms with Crippen molar-refractivity contribution in [2.24, 2.45) is 17.8 Å². The molecule has 1 aromatic carbocycles. The Morgan fingerprint density at radius 2 is 2.10 bits per heavy atom. The molecule has 3 nitrogen and oxygen atoms in total. The van der Waals surface area contributed by atoms with Gasteiger partial charge < -0.3 is 10.5 Å². The zero-order chi connectivity index (χ0) is 14.7. The smallest absolute Gasteiger partial charge is 0.137 e. The number of nitrogen functional groups attached to an aromatic ring is 1. The molecule has 3 unspecified atom stereocenters. The summed E-state index contributed by atoms with van der Waals surface area (Å²) in [7, 11) is 0. The van der Waals surface area contributed by atoms with Crippen molar-refractivity contribution in [3.8, 4) is 11.8 Å². The van der Waals surface area contributed by atoms with Gasteiger partial charge in [-0.2, -0.15) is 5.26 Å². The van der Waals surface area contributed by atoms with Gasteiger partial charge in [-0.3, -0.25) is 0 Å². The molecule has 0 aromatic heterocycles. The number of nitriles is 1. The highest BCUT2D eigenvalue weighted by atomic mass is 16.5. The topological polar surface area (TPSA) is 59.0 Å². The lowest BCUT2D eigenvalue weighted by atomic mass is 9.75. The number of rotatable bonds is 3. The minimum absolute atomic E-state index is 0.203. The first-order valence-electron chi connectivity index (χ1n) is 7.47. The van der Waals surface area contributed by atoms with Gasteiger partial charge in [0.1, 0.15) is 17.9 Å². The summed E-state index contributed by atoms with van der Waals surface area (Å²) >= 11 is 0. The zero-order valence-electron chi connectivity index (χ0n) is 12.6. The molecule has 0 saturated heterocycles. The molecule has 0 aliphatic heterocycles. The molecule has 3 heteroatoms. The van der Waals surface area contributed by atoms with Crippen molar-refractivity contribution in [3.63, 3.8) is 0 Å². The number of hydrogen-bond donors (Lipinski definition) is 1. The van der Waals surface area contributed by atoms with Crippen molar-refractivity contribution in [3.05, 3.63) is 23.8 Å². The van der Waals surface area contributed by atoms with Crippen LogP contribution in [0.3, 0.4) is 0 Å². The molecule has 2 rings (SSSR count). The highest BCUT2D eigenvalue weighted by Gasteiger charge is 2.32. The summed E-state index contributed by atoms with van der Waals surface area (Å²) in [5.74, 6) is 2.53. The molecule has 20 heavy (non-hydrogen) atoms. The van der Waals surface area contributed by atoms with Crippen LogP contribution in [0.4, 0.5) is 5.69 Å². The van der Waals surface area contributed by atoms with Crippen LogP contribution in [0.5, 0.6) is 5.75 Å². The first-order valence-corrected chi connectivity index (χ1v) is 7.47. The molecule has 0 amide bonds. The molecule has 108 valence electrons. The molecule has 1 saturated carbocycles. The normalized spacial score (nSPS) is 26.2. The van der Waals surface area contributed by atoms with Gasteiger partial charge in [-0.15, -0.1) is 0 Å². The predicted octanol–water partition coefficient (Wildman–Crippen LogP) is 3.98. The lowest BCUT2D eigenvalue weighted by molar-refractivity contribution is 0.0458. The number of anilines is 1. The third-order valence-electron chi connectivity index (χ3n) is 4.36. The first-order chi connectivity index (χ1) is 9.51. The Hall–Kier alpha value is -1.69. The highest BCUT2D eigenvalue weighted by Crippen LogP contribution is 2.36. The molecule has 1 aliphatic carbocycles. The summed E-state index contributed by atoms with van der Waals surface area (Å²) in [5.41, 5.74) is 6.86. The van der Waals surface area contributed by atoms with Gasteiger partial charge in [0, 0.05) is 5.69 Å². The molecule has 1 aliphatic rings. The number of ether oxygens (including phenoxy) is 1. The van der Waals surface area contributed by atoms with Crippen LogP contribution >= 0.6 is 0 Å². The number of nitrogens with zero attached hydrogens (tertiary/aromatic N) is 1. The van der Waals surface area contributed by atoms with E-state index in [1.54, 1.807) is 12.1 Å². The summed E-state index contributed by atoms with van der Waals surface area (Å²) in [4.78, 5) is 0. The van der Waals surface area contributed by atoms with Crippen molar-refractivity contribution in [2.75, 3.05) is 5.73 Å². The molecule has 0 heterocycles. The van der Waals surface area contributed by atoms with E-state index < -0.39 is 0 Å². The van der Waals surface area contributed by atoms with E-state index >= 15 is 0 Å². The maximum absolute atomic E-state index is 9.21. The summed E-state index contributed by atoms with van der Waals surface area (Å²) in [6.45, 7) is 6.79. The summed E-state index contributed by atoms with van der Waals surface area (Å²) in [5, 5.41) is 9.21. The largest absolute Gasteiger partial charge is 0.489 e. The number of nitrogens with two attached hydrogens (primary N) is 1. The van der Waals surface area contributed by atoms with E-state index in [4.69, 9.17) is 10.5 Å². The number of hydrogen-bond acceptors (Lipinski definition) is 3. The monoisotopic (exact) mass is 272 g/mol. The fourth-order valence-corrected chi connectivity index (χ4v) is 3.15.